The molecule has 1 aromatic heterocycles. The summed E-state index contributed by atoms with van der Waals surface area (Å²) in [6, 6.07) is -1.52. The lowest BCUT2D eigenvalue weighted by molar-refractivity contribution is 0.0695. The number of rotatable bonds is 2. The van der Waals surface area contributed by atoms with Crippen molar-refractivity contribution in [1.82, 2.24) is 4.57 Å². The fraction of sp³-hybridized carbons (Fsp3) is 0.286. The van der Waals surface area contributed by atoms with E-state index in [0.717, 1.165) is 17.7 Å². The number of carbonyl (C=O) groups is 1. The second kappa shape index (κ2) is 4.28. The zero-order valence-corrected chi connectivity index (χ0v) is 10.7. The van der Waals surface area contributed by atoms with Crippen molar-refractivity contribution in [3.63, 3.8) is 0 Å². The van der Waals surface area contributed by atoms with E-state index in [2.05, 4.69) is 0 Å². The third-order valence-electron chi connectivity index (χ3n) is 3.40. The first-order chi connectivity index (χ1) is 11.4. The molecule has 0 spiro atoms. The van der Waals surface area contributed by atoms with E-state index < -0.39 is 64.0 Å². The quantitative estimate of drug-likeness (QED) is 0.832. The highest BCUT2D eigenvalue weighted by atomic mass is 19.2. The monoisotopic (exact) mass is 298 g/mol. The van der Waals surface area contributed by atoms with Gasteiger partial charge < -0.3 is 15.4 Å². The van der Waals surface area contributed by atoms with Crippen molar-refractivity contribution >= 4 is 22.6 Å². The molecular weight excluding hydrogens is 282 g/mol. The number of fused-ring (bicyclic) bond motifs is 1. The van der Waals surface area contributed by atoms with E-state index in [-0.39, 0.29) is 5.52 Å². The Morgan fingerprint density at radius 3 is 2.62 bits per heavy atom. The number of aryl methyl sites for hydroxylation is 1. The zero-order valence-electron chi connectivity index (χ0n) is 14.7. The van der Waals surface area contributed by atoms with Crippen LogP contribution in [0.25, 0.3) is 10.9 Å². The highest BCUT2D eigenvalue weighted by molar-refractivity contribution is 5.98. The smallest absolute Gasteiger partial charge is 0.341 e. The number of halogens is 2. The Morgan fingerprint density at radius 2 is 2.10 bits per heavy atom. The number of benzene rings is 1. The molecule has 21 heavy (non-hydrogen) atoms. The molecule has 5 nitrogen and oxygen atoms in total. The fourth-order valence-corrected chi connectivity index (χ4v) is 2.29. The van der Waals surface area contributed by atoms with Crippen LogP contribution in [0.2, 0.25) is 0 Å². The maximum absolute atomic E-state index is 14.1. The highest BCUT2D eigenvalue weighted by Gasteiger charge is 2.30. The minimum Gasteiger partial charge on any atom is -0.477 e. The molecule has 1 fully saturated rings. The summed E-state index contributed by atoms with van der Waals surface area (Å²) in [7, 11) is 0. The van der Waals surface area contributed by atoms with E-state index in [9.17, 15) is 23.5 Å². The molecule has 7 heteroatoms. The van der Waals surface area contributed by atoms with Gasteiger partial charge in [-0.25, -0.2) is 13.6 Å². The molecule has 1 aliphatic rings. The summed E-state index contributed by atoms with van der Waals surface area (Å²) in [4.78, 5) is 23.7. The van der Waals surface area contributed by atoms with Gasteiger partial charge in [0.15, 0.2) is 11.6 Å². The molecule has 3 rings (SSSR count). The number of carboxylic acid groups (broad SMARTS) is 1. The maximum atomic E-state index is 14.1. The molecule has 110 valence electrons. The average molecular weight is 298 g/mol. The van der Waals surface area contributed by atoms with E-state index in [4.69, 9.17) is 11.2 Å². The van der Waals surface area contributed by atoms with Crippen molar-refractivity contribution in [2.45, 2.75) is 25.7 Å². The standard InChI is InChI=1S/C14H12F2N2O3/c1-5-9(15)10(16)11(17)8-12(5)18(6-2-3-6)4-7(13(8)19)14(20)21/h4,6H,2-3,17H2,1H3,(H,20,21)/i2D2,3D2. The summed E-state index contributed by atoms with van der Waals surface area (Å²) < 4.78 is 59.7. The van der Waals surface area contributed by atoms with Crippen LogP contribution in [0.1, 0.15) is 40.2 Å². The number of carboxylic acids is 1. The third-order valence-corrected chi connectivity index (χ3v) is 3.40. The first-order valence-electron chi connectivity index (χ1n) is 7.90. The molecule has 3 N–H and O–H groups in total. The van der Waals surface area contributed by atoms with Crippen LogP contribution in [0.15, 0.2) is 11.0 Å². The van der Waals surface area contributed by atoms with Crippen molar-refractivity contribution in [1.29, 1.82) is 0 Å². The van der Waals surface area contributed by atoms with Gasteiger partial charge in [0.25, 0.3) is 0 Å². The molecule has 0 saturated heterocycles. The topological polar surface area (TPSA) is 85.3 Å². The highest BCUT2D eigenvalue weighted by Crippen LogP contribution is 2.39. The molecule has 0 amide bonds. The van der Waals surface area contributed by atoms with Gasteiger partial charge in [0.1, 0.15) is 5.56 Å². The first-order valence-corrected chi connectivity index (χ1v) is 5.90. The lowest BCUT2D eigenvalue weighted by Gasteiger charge is -2.16. The molecule has 1 aliphatic carbocycles. The molecule has 0 unspecified atom stereocenters. The Bertz CT molecular complexity index is 1010. The van der Waals surface area contributed by atoms with Crippen molar-refractivity contribution in [2.24, 2.45) is 0 Å². The van der Waals surface area contributed by atoms with Gasteiger partial charge in [-0.15, -0.1) is 0 Å². The Kier molecular flexibility index (Phi) is 1.93. The zero-order chi connectivity index (χ0) is 19.1. The number of pyridine rings is 1. The van der Waals surface area contributed by atoms with Crippen LogP contribution in [0, 0.1) is 18.6 Å². The summed E-state index contributed by atoms with van der Waals surface area (Å²) in [5.74, 6) is -4.56. The van der Waals surface area contributed by atoms with E-state index in [1.54, 1.807) is 0 Å². The third kappa shape index (κ3) is 1.80. The molecule has 2 aromatic rings. The van der Waals surface area contributed by atoms with Crippen molar-refractivity contribution in [2.75, 3.05) is 5.73 Å². The van der Waals surface area contributed by atoms with Crippen molar-refractivity contribution in [3.8, 4) is 0 Å². The molecule has 0 aliphatic heterocycles. The Balaban J connectivity index is 2.56. The van der Waals surface area contributed by atoms with Crippen LogP contribution in [0.3, 0.4) is 0 Å². The summed E-state index contributed by atoms with van der Waals surface area (Å²) >= 11 is 0. The summed E-state index contributed by atoms with van der Waals surface area (Å²) in [6.07, 6.45) is -4.04. The van der Waals surface area contributed by atoms with Crippen LogP contribution in [0.4, 0.5) is 14.5 Å². The van der Waals surface area contributed by atoms with Crippen LogP contribution in [0.5, 0.6) is 0 Å². The Hall–Kier alpha value is -2.44. The number of hydrogen-bond donors (Lipinski definition) is 2. The van der Waals surface area contributed by atoms with Gasteiger partial charge in [0.05, 0.1) is 16.6 Å². The van der Waals surface area contributed by atoms with Crippen molar-refractivity contribution < 1.29 is 24.2 Å². The van der Waals surface area contributed by atoms with Crippen LogP contribution < -0.4 is 11.2 Å². The SMILES string of the molecule is [2H]C1([2H])C(n2cc(C(=O)O)c(=O)c3c(N)c(F)c(F)c(C)c32)C1([2H])[2H]. The largest absolute Gasteiger partial charge is 0.477 e. The van der Waals surface area contributed by atoms with E-state index in [1.165, 1.54) is 0 Å². The van der Waals surface area contributed by atoms with Gasteiger partial charge in [0.2, 0.25) is 5.43 Å². The Morgan fingerprint density at radius 1 is 1.48 bits per heavy atom. The number of aromatic carboxylic acids is 1. The van der Waals surface area contributed by atoms with Gasteiger partial charge in [-0.05, 0) is 19.7 Å². The van der Waals surface area contributed by atoms with Crippen LogP contribution in [-0.2, 0) is 0 Å². The molecule has 0 atom stereocenters. The molecule has 0 bridgehead atoms. The summed E-state index contributed by atoms with van der Waals surface area (Å²) in [5, 5.41) is 8.57. The summed E-state index contributed by atoms with van der Waals surface area (Å²) in [5.41, 5.74) is 1.85. The van der Waals surface area contributed by atoms with Crippen LogP contribution in [-0.4, -0.2) is 15.6 Å². The predicted octanol–water partition coefficient (Wildman–Crippen LogP) is 2.20. The molecule has 1 saturated carbocycles. The fourth-order valence-electron chi connectivity index (χ4n) is 2.29. The normalized spacial score (nSPS) is 22.2. The molecular formula is C14H12F2N2O3. The number of anilines is 1. The van der Waals surface area contributed by atoms with E-state index in [1.807, 2.05) is 0 Å². The first kappa shape index (κ1) is 9.49. The van der Waals surface area contributed by atoms with Crippen molar-refractivity contribution in [3.05, 3.63) is 39.2 Å². The van der Waals surface area contributed by atoms with E-state index >= 15 is 0 Å². The van der Waals surface area contributed by atoms with Gasteiger partial charge in [-0.2, -0.15) is 0 Å². The number of hydrogen-bond acceptors (Lipinski definition) is 3. The van der Waals surface area contributed by atoms with Gasteiger partial charge in [0, 0.05) is 23.3 Å². The maximum Gasteiger partial charge on any atom is 0.341 e. The molecule has 1 aromatic carbocycles. The van der Waals surface area contributed by atoms with Gasteiger partial charge in [-0.3, -0.25) is 4.79 Å². The minimum absolute atomic E-state index is 0.332. The number of nitrogens with two attached hydrogens (primary N) is 1. The van der Waals surface area contributed by atoms with Gasteiger partial charge >= 0.3 is 5.97 Å². The van der Waals surface area contributed by atoms with E-state index in [0.29, 0.717) is 0 Å². The second-order valence-corrected chi connectivity index (χ2v) is 4.67. The number of aromatic nitrogens is 1. The Labute approximate surface area is 123 Å². The number of nitrogen functional groups attached to an aromatic ring is 1. The molecule has 0 radical (unpaired) electrons. The lowest BCUT2D eigenvalue weighted by atomic mass is 10.0. The summed E-state index contributed by atoms with van der Waals surface area (Å²) in [6.45, 7) is 1.12. The molecule has 1 heterocycles. The predicted molar refractivity (Wildman–Crippen MR) is 72.5 cm³/mol. The van der Waals surface area contributed by atoms with Gasteiger partial charge in [-0.1, -0.05) is 0 Å². The lowest BCUT2D eigenvalue weighted by Crippen LogP contribution is -2.21. The average Bonchev–Trinajstić information content (AvgIpc) is 2.91. The second-order valence-electron chi connectivity index (χ2n) is 4.67. The number of nitrogens with zero attached hydrogens (tertiary/aromatic N) is 1. The minimum atomic E-state index is -2.39. The van der Waals surface area contributed by atoms with Crippen LogP contribution >= 0.6 is 0 Å².